The second-order valence-corrected chi connectivity index (χ2v) is 27.4. The number of rotatable bonds is 69. The first-order valence-corrected chi connectivity index (χ1v) is 40.1. The number of ether oxygens (including phenoxy) is 4. The largest absolute Gasteiger partial charge is 0.472 e. The van der Waals surface area contributed by atoms with Crippen molar-refractivity contribution in [2.75, 3.05) is 39.6 Å². The Bertz CT molecular complexity index is 2250. The predicted molar refractivity (Wildman–Crippen MR) is 390 cm³/mol. The standard InChI is InChI=1S/C77H132O17P2/c1-5-9-13-17-21-25-29-31-33-34-35-36-38-39-43-46-50-54-58-62-75(80)88-68-73(94-77(82)64-60-56-52-48-44-40-37-32-30-26-22-18-14-10-6-2)70-92-96(85,86)90-66-71(78)65-89-95(83,84)91-69-72(93-76(81)63-59-55-51-47-42-28-24-20-16-12-8-4)67-87-74(79)61-57-53-49-45-41-27-23-19-15-11-7-3/h9-10,13-14,19-26,31-33,35-37,71-73,78H,5-8,11-12,15-18,27-30,34,38-70H2,1-4H3,(H,83,84)(H,85,86)/b13-9-,14-10-,23-19-,24-20-,25-21-,26-22-,33-31-,36-35-,37-32-. The minimum absolute atomic E-state index is 0.0704. The lowest BCUT2D eigenvalue weighted by Gasteiger charge is -2.21. The van der Waals surface area contributed by atoms with E-state index in [1.807, 2.05) is 0 Å². The van der Waals surface area contributed by atoms with Crippen LogP contribution in [0, 0.1) is 0 Å². The zero-order valence-corrected chi connectivity index (χ0v) is 61.8. The molecule has 0 spiro atoms. The van der Waals surface area contributed by atoms with E-state index in [1.54, 1.807) is 0 Å². The van der Waals surface area contributed by atoms with Gasteiger partial charge in [0.05, 0.1) is 26.4 Å². The van der Waals surface area contributed by atoms with E-state index in [0.717, 1.165) is 193 Å². The Balaban J connectivity index is 5.34. The highest BCUT2D eigenvalue weighted by molar-refractivity contribution is 7.47. The van der Waals surface area contributed by atoms with Crippen molar-refractivity contribution < 1.29 is 80.2 Å². The quantitative estimate of drug-likeness (QED) is 0.0169. The average molecular weight is 1390 g/mol. The number of carbonyl (C=O) groups is 4. The Morgan fingerprint density at radius 2 is 0.542 bits per heavy atom. The van der Waals surface area contributed by atoms with E-state index in [-0.39, 0.29) is 25.7 Å². The third kappa shape index (κ3) is 68.3. The third-order valence-corrected chi connectivity index (χ3v) is 17.1. The zero-order chi connectivity index (χ0) is 70.4. The van der Waals surface area contributed by atoms with Crippen LogP contribution in [0.4, 0.5) is 0 Å². The van der Waals surface area contributed by atoms with Gasteiger partial charge in [0.25, 0.3) is 0 Å². The van der Waals surface area contributed by atoms with Crippen molar-refractivity contribution in [2.45, 2.75) is 316 Å². The molecule has 0 aromatic heterocycles. The normalized spacial score (nSPS) is 14.6. The fraction of sp³-hybridized carbons (Fsp3) is 0.714. The monoisotopic (exact) mass is 1390 g/mol. The van der Waals surface area contributed by atoms with Gasteiger partial charge in [0, 0.05) is 25.7 Å². The second kappa shape index (κ2) is 69.2. The molecule has 17 nitrogen and oxygen atoms in total. The molecule has 0 fully saturated rings. The van der Waals surface area contributed by atoms with Crippen molar-refractivity contribution in [1.82, 2.24) is 0 Å². The van der Waals surface area contributed by atoms with E-state index in [4.69, 9.17) is 37.0 Å². The van der Waals surface area contributed by atoms with E-state index >= 15 is 0 Å². The number of aliphatic hydroxyl groups is 1. The van der Waals surface area contributed by atoms with Crippen molar-refractivity contribution in [1.29, 1.82) is 0 Å². The average Bonchev–Trinajstić information content (AvgIpc) is 1.41. The van der Waals surface area contributed by atoms with Crippen LogP contribution in [0.3, 0.4) is 0 Å². The summed E-state index contributed by atoms with van der Waals surface area (Å²) in [6.45, 7) is 4.51. The van der Waals surface area contributed by atoms with Gasteiger partial charge in [-0.05, 0) is 135 Å². The maximum absolute atomic E-state index is 13.1. The van der Waals surface area contributed by atoms with Crippen molar-refractivity contribution in [3.63, 3.8) is 0 Å². The number of phosphoric acid groups is 2. The number of hydrogen-bond acceptors (Lipinski definition) is 15. The van der Waals surface area contributed by atoms with E-state index in [2.05, 4.69) is 137 Å². The van der Waals surface area contributed by atoms with Gasteiger partial charge < -0.3 is 33.8 Å². The maximum Gasteiger partial charge on any atom is 0.472 e. The lowest BCUT2D eigenvalue weighted by atomic mass is 10.1. The molecular weight excluding hydrogens is 1260 g/mol. The minimum Gasteiger partial charge on any atom is -0.462 e. The van der Waals surface area contributed by atoms with Gasteiger partial charge in [-0.2, -0.15) is 0 Å². The van der Waals surface area contributed by atoms with Gasteiger partial charge >= 0.3 is 39.5 Å². The fourth-order valence-electron chi connectivity index (χ4n) is 9.54. The molecule has 0 aromatic carbocycles. The highest BCUT2D eigenvalue weighted by Gasteiger charge is 2.30. The molecule has 0 aliphatic rings. The minimum atomic E-state index is -4.98. The van der Waals surface area contributed by atoms with Crippen LogP contribution < -0.4 is 0 Å². The maximum atomic E-state index is 13.1. The second-order valence-electron chi connectivity index (χ2n) is 24.5. The Kier molecular flexibility index (Phi) is 66.1. The van der Waals surface area contributed by atoms with Crippen LogP contribution in [0.2, 0.25) is 0 Å². The van der Waals surface area contributed by atoms with Crippen LogP contribution in [-0.4, -0.2) is 96.7 Å². The van der Waals surface area contributed by atoms with E-state index in [0.29, 0.717) is 25.7 Å². The van der Waals surface area contributed by atoms with Crippen LogP contribution >= 0.6 is 15.6 Å². The summed E-state index contributed by atoms with van der Waals surface area (Å²) in [6, 6.07) is 0. The molecule has 0 aliphatic heterocycles. The molecule has 552 valence electrons. The van der Waals surface area contributed by atoms with Gasteiger partial charge in [-0.1, -0.05) is 246 Å². The summed E-state index contributed by atoms with van der Waals surface area (Å²) in [5, 5.41) is 10.6. The molecule has 5 atom stereocenters. The number of allylic oxidation sites excluding steroid dienone is 18. The van der Waals surface area contributed by atoms with Crippen molar-refractivity contribution >= 4 is 39.5 Å². The Morgan fingerprint density at radius 3 is 0.844 bits per heavy atom. The third-order valence-electron chi connectivity index (χ3n) is 15.2. The molecule has 0 amide bonds. The molecule has 0 saturated carbocycles. The first-order chi connectivity index (χ1) is 46.7. The molecule has 0 saturated heterocycles. The number of phosphoric ester groups is 2. The number of esters is 4. The van der Waals surface area contributed by atoms with Crippen LogP contribution in [0.15, 0.2) is 109 Å². The molecule has 3 N–H and O–H groups in total. The molecule has 96 heavy (non-hydrogen) atoms. The zero-order valence-electron chi connectivity index (χ0n) is 60.0. The molecule has 19 heteroatoms. The summed E-state index contributed by atoms with van der Waals surface area (Å²) in [5.41, 5.74) is 0. The Hall–Kier alpha value is -4.28. The summed E-state index contributed by atoms with van der Waals surface area (Å²) in [6.07, 6.45) is 72.4. The van der Waals surface area contributed by atoms with Crippen LogP contribution in [-0.2, 0) is 65.4 Å². The molecule has 0 rings (SSSR count). The first kappa shape index (κ1) is 91.7. The first-order valence-electron chi connectivity index (χ1n) is 37.1. The Labute approximate surface area is 581 Å². The summed E-state index contributed by atoms with van der Waals surface area (Å²) in [4.78, 5) is 72.7. The van der Waals surface area contributed by atoms with E-state index < -0.39 is 97.5 Å². The molecule has 5 unspecified atom stereocenters. The van der Waals surface area contributed by atoms with E-state index in [9.17, 15) is 43.2 Å². The fourth-order valence-corrected chi connectivity index (χ4v) is 11.1. The van der Waals surface area contributed by atoms with Gasteiger partial charge in [-0.25, -0.2) is 9.13 Å². The number of aliphatic hydroxyl groups excluding tert-OH is 1. The highest BCUT2D eigenvalue weighted by atomic mass is 31.2. The van der Waals surface area contributed by atoms with Gasteiger partial charge in [-0.15, -0.1) is 0 Å². The van der Waals surface area contributed by atoms with Gasteiger partial charge in [0.1, 0.15) is 19.3 Å². The highest BCUT2D eigenvalue weighted by Crippen LogP contribution is 2.45. The van der Waals surface area contributed by atoms with Crippen LogP contribution in [0.5, 0.6) is 0 Å². The molecule has 0 heterocycles. The summed E-state index contributed by atoms with van der Waals surface area (Å²) in [5.74, 6) is -2.23. The summed E-state index contributed by atoms with van der Waals surface area (Å²) < 4.78 is 68.3. The van der Waals surface area contributed by atoms with Gasteiger partial charge in [0.2, 0.25) is 0 Å². The summed E-state index contributed by atoms with van der Waals surface area (Å²) in [7, 11) is -9.95. The molecule has 0 radical (unpaired) electrons. The number of carbonyl (C=O) groups excluding carboxylic acids is 4. The molecule has 0 aromatic rings. The van der Waals surface area contributed by atoms with Crippen molar-refractivity contribution in [3.05, 3.63) is 109 Å². The SMILES string of the molecule is CC/C=C\C/C=C\C/C=C\C/C=C\CCCCCCCCC(=O)OCC(COP(=O)(O)OCC(O)COP(=O)(O)OCC(COC(=O)CCCCCCC/C=C\CCCC)OC(=O)CCCCCCC/C=C\CCCC)OC(=O)CCCCCCC/C=C\C/C=C\C/C=C\CC. The molecule has 0 bridgehead atoms. The lowest BCUT2D eigenvalue weighted by Crippen LogP contribution is -2.30. The predicted octanol–water partition coefficient (Wildman–Crippen LogP) is 21.0. The van der Waals surface area contributed by atoms with E-state index in [1.165, 1.54) is 25.7 Å². The Morgan fingerprint density at radius 1 is 0.302 bits per heavy atom. The topological polar surface area (TPSA) is 237 Å². The van der Waals surface area contributed by atoms with Crippen LogP contribution in [0.25, 0.3) is 0 Å². The van der Waals surface area contributed by atoms with Crippen molar-refractivity contribution in [2.24, 2.45) is 0 Å². The lowest BCUT2D eigenvalue weighted by molar-refractivity contribution is -0.161. The summed E-state index contributed by atoms with van der Waals surface area (Å²) >= 11 is 0. The van der Waals surface area contributed by atoms with Crippen molar-refractivity contribution in [3.8, 4) is 0 Å². The number of hydrogen-bond donors (Lipinski definition) is 3. The van der Waals surface area contributed by atoms with Crippen LogP contribution in [0.1, 0.15) is 297 Å². The number of unbranched alkanes of at least 4 members (excludes halogenated alkanes) is 25. The molecule has 0 aliphatic carbocycles. The van der Waals surface area contributed by atoms with Gasteiger partial charge in [-0.3, -0.25) is 37.3 Å². The van der Waals surface area contributed by atoms with Gasteiger partial charge in [0.15, 0.2) is 12.2 Å². The molecular formula is C77H132O17P2. The smallest absolute Gasteiger partial charge is 0.462 e.